The van der Waals surface area contributed by atoms with Crippen LogP contribution in [0.1, 0.15) is 29.9 Å². The van der Waals surface area contributed by atoms with Crippen LogP contribution in [0.5, 0.6) is 0 Å². The maximum atomic E-state index is 11.8. The number of nitrogens with zero attached hydrogens (tertiary/aromatic N) is 1. The van der Waals surface area contributed by atoms with Crippen molar-refractivity contribution >= 4 is 11.9 Å². The zero-order chi connectivity index (χ0) is 13.8. The van der Waals surface area contributed by atoms with Crippen LogP contribution in [-0.4, -0.2) is 28.5 Å². The summed E-state index contributed by atoms with van der Waals surface area (Å²) in [6.07, 6.45) is 1.50. The van der Waals surface area contributed by atoms with Gasteiger partial charge in [0.2, 0.25) is 0 Å². The molecule has 1 aromatic rings. The summed E-state index contributed by atoms with van der Waals surface area (Å²) in [4.78, 5) is 26.7. The highest BCUT2D eigenvalue weighted by Gasteiger charge is 2.27. The molecule has 0 aliphatic rings. The number of aromatic nitrogens is 1. The molecule has 1 heterocycles. The molecule has 0 unspecified atom stereocenters. The number of carboxylic acid groups (broad SMARTS) is 1. The lowest BCUT2D eigenvalue weighted by molar-refractivity contribution is -0.146. The first kappa shape index (κ1) is 14.1. The highest BCUT2D eigenvalue weighted by Crippen LogP contribution is 2.13. The molecule has 0 aliphatic heterocycles. The van der Waals surface area contributed by atoms with E-state index >= 15 is 0 Å². The fourth-order valence-electron chi connectivity index (χ4n) is 1.21. The maximum absolute atomic E-state index is 11.8. The number of pyridine rings is 1. The van der Waals surface area contributed by atoms with Gasteiger partial charge in [-0.05, 0) is 26.0 Å². The third-order valence-corrected chi connectivity index (χ3v) is 2.56. The quantitative estimate of drug-likeness (QED) is 0.701. The highest BCUT2D eigenvalue weighted by molar-refractivity contribution is 5.94. The average molecular weight is 251 g/mol. The van der Waals surface area contributed by atoms with Gasteiger partial charge in [-0.1, -0.05) is 0 Å². The lowest BCUT2D eigenvalue weighted by Crippen LogP contribution is -2.38. The molecule has 0 saturated carbocycles. The Balaban J connectivity index is 2.68. The van der Waals surface area contributed by atoms with Gasteiger partial charge in [-0.2, -0.15) is 0 Å². The van der Waals surface area contributed by atoms with Gasteiger partial charge in [-0.25, -0.2) is 0 Å². The Morgan fingerprint density at radius 2 is 2.17 bits per heavy atom. The van der Waals surface area contributed by atoms with Crippen LogP contribution in [0.15, 0.2) is 18.3 Å². The minimum Gasteiger partial charge on any atom is -0.481 e. The number of aliphatic carboxylic acids is 1. The van der Waals surface area contributed by atoms with Gasteiger partial charge in [-0.3, -0.25) is 14.6 Å². The SMILES string of the molecule is CC(C)(CNC(=O)c1ccnc(CN)c1)C(=O)O. The minimum atomic E-state index is -1.00. The molecule has 4 N–H and O–H groups in total. The predicted octanol–water partition coefficient (Wildman–Crippen LogP) is 0.381. The van der Waals surface area contributed by atoms with Crippen LogP contribution in [0.25, 0.3) is 0 Å². The van der Waals surface area contributed by atoms with Gasteiger partial charge in [0.1, 0.15) is 0 Å². The first-order chi connectivity index (χ1) is 8.36. The fourth-order valence-corrected chi connectivity index (χ4v) is 1.21. The first-order valence-electron chi connectivity index (χ1n) is 5.53. The van der Waals surface area contributed by atoms with Gasteiger partial charge in [0.25, 0.3) is 5.91 Å². The molecule has 0 bridgehead atoms. The van der Waals surface area contributed by atoms with Gasteiger partial charge >= 0.3 is 5.97 Å². The Labute approximate surface area is 105 Å². The molecule has 6 heteroatoms. The van der Waals surface area contributed by atoms with E-state index < -0.39 is 11.4 Å². The molecule has 0 aliphatic carbocycles. The van der Waals surface area contributed by atoms with E-state index in [1.54, 1.807) is 26.0 Å². The van der Waals surface area contributed by atoms with Crippen LogP contribution in [0.4, 0.5) is 0 Å². The first-order valence-corrected chi connectivity index (χ1v) is 5.53. The van der Waals surface area contributed by atoms with Crippen LogP contribution < -0.4 is 11.1 Å². The lowest BCUT2D eigenvalue weighted by Gasteiger charge is -2.19. The van der Waals surface area contributed by atoms with Gasteiger partial charge in [-0.15, -0.1) is 0 Å². The zero-order valence-corrected chi connectivity index (χ0v) is 10.4. The number of hydrogen-bond donors (Lipinski definition) is 3. The topological polar surface area (TPSA) is 105 Å². The molecule has 0 saturated heterocycles. The van der Waals surface area contributed by atoms with Crippen molar-refractivity contribution in [1.82, 2.24) is 10.3 Å². The molecule has 0 radical (unpaired) electrons. The summed E-state index contributed by atoms with van der Waals surface area (Å²) >= 11 is 0. The van der Waals surface area contributed by atoms with Crippen molar-refractivity contribution < 1.29 is 14.7 Å². The Hall–Kier alpha value is -1.95. The van der Waals surface area contributed by atoms with Crippen LogP contribution >= 0.6 is 0 Å². The van der Waals surface area contributed by atoms with E-state index in [2.05, 4.69) is 10.3 Å². The van der Waals surface area contributed by atoms with E-state index in [0.717, 1.165) is 0 Å². The van der Waals surface area contributed by atoms with Crippen molar-refractivity contribution in [3.63, 3.8) is 0 Å². The third kappa shape index (κ3) is 3.53. The largest absolute Gasteiger partial charge is 0.481 e. The standard InChI is InChI=1S/C12H17N3O3/c1-12(2,11(17)18)7-15-10(16)8-3-4-14-9(5-8)6-13/h3-5H,6-7,13H2,1-2H3,(H,15,16)(H,17,18). The van der Waals surface area contributed by atoms with Crippen LogP contribution in [-0.2, 0) is 11.3 Å². The summed E-state index contributed by atoms with van der Waals surface area (Å²) in [5.41, 5.74) is 5.46. The number of hydrogen-bond acceptors (Lipinski definition) is 4. The zero-order valence-electron chi connectivity index (χ0n) is 10.4. The van der Waals surface area contributed by atoms with Crippen molar-refractivity contribution in [2.75, 3.05) is 6.54 Å². The molecule has 0 aromatic carbocycles. The summed E-state index contributed by atoms with van der Waals surface area (Å²) in [5.74, 6) is -1.29. The van der Waals surface area contributed by atoms with E-state index in [-0.39, 0.29) is 19.0 Å². The van der Waals surface area contributed by atoms with Gasteiger partial charge in [0.15, 0.2) is 0 Å². The van der Waals surface area contributed by atoms with Gasteiger partial charge in [0, 0.05) is 24.8 Å². The molecular weight excluding hydrogens is 234 g/mol. The Morgan fingerprint density at radius 1 is 1.50 bits per heavy atom. The molecule has 0 atom stereocenters. The van der Waals surface area contributed by atoms with Gasteiger partial charge in [0.05, 0.1) is 11.1 Å². The van der Waals surface area contributed by atoms with Crippen molar-refractivity contribution in [2.24, 2.45) is 11.1 Å². The van der Waals surface area contributed by atoms with Crippen molar-refractivity contribution in [1.29, 1.82) is 0 Å². The van der Waals surface area contributed by atoms with Crippen LogP contribution in [0.3, 0.4) is 0 Å². The second-order valence-corrected chi connectivity index (χ2v) is 4.61. The number of nitrogens with two attached hydrogens (primary N) is 1. The smallest absolute Gasteiger partial charge is 0.310 e. The van der Waals surface area contributed by atoms with Crippen molar-refractivity contribution in [3.05, 3.63) is 29.6 Å². The fraction of sp³-hybridized carbons (Fsp3) is 0.417. The third-order valence-electron chi connectivity index (χ3n) is 2.56. The van der Waals surface area contributed by atoms with E-state index in [4.69, 9.17) is 10.8 Å². The van der Waals surface area contributed by atoms with E-state index in [0.29, 0.717) is 11.3 Å². The molecule has 1 amide bonds. The molecule has 1 aromatic heterocycles. The molecular formula is C12H17N3O3. The van der Waals surface area contributed by atoms with Gasteiger partial charge < -0.3 is 16.2 Å². The molecule has 6 nitrogen and oxygen atoms in total. The summed E-state index contributed by atoms with van der Waals surface area (Å²) < 4.78 is 0. The second-order valence-electron chi connectivity index (χ2n) is 4.61. The summed E-state index contributed by atoms with van der Waals surface area (Å²) in [7, 11) is 0. The maximum Gasteiger partial charge on any atom is 0.310 e. The number of carbonyl (C=O) groups is 2. The Bertz CT molecular complexity index is 458. The molecule has 18 heavy (non-hydrogen) atoms. The monoisotopic (exact) mass is 251 g/mol. The Kier molecular flexibility index (Phi) is 4.38. The highest BCUT2D eigenvalue weighted by atomic mass is 16.4. The number of rotatable bonds is 5. The molecule has 0 spiro atoms. The number of carboxylic acids is 1. The summed E-state index contributed by atoms with van der Waals surface area (Å²) in [5, 5.41) is 11.5. The van der Waals surface area contributed by atoms with E-state index in [1.807, 2.05) is 0 Å². The Morgan fingerprint density at radius 3 is 2.72 bits per heavy atom. The molecule has 1 rings (SSSR count). The number of nitrogens with one attached hydrogen (secondary N) is 1. The minimum absolute atomic E-state index is 0.0570. The van der Waals surface area contributed by atoms with E-state index in [9.17, 15) is 9.59 Å². The second kappa shape index (κ2) is 5.59. The lowest BCUT2D eigenvalue weighted by atomic mass is 9.94. The summed E-state index contributed by atoms with van der Waals surface area (Å²) in [6.45, 7) is 3.41. The number of carbonyl (C=O) groups excluding carboxylic acids is 1. The van der Waals surface area contributed by atoms with Crippen molar-refractivity contribution in [2.45, 2.75) is 20.4 Å². The van der Waals surface area contributed by atoms with E-state index in [1.165, 1.54) is 6.20 Å². The molecule has 0 fully saturated rings. The number of amides is 1. The average Bonchev–Trinajstić information content (AvgIpc) is 2.36. The van der Waals surface area contributed by atoms with Crippen LogP contribution in [0, 0.1) is 5.41 Å². The normalized spacial score (nSPS) is 11.1. The van der Waals surface area contributed by atoms with Crippen LogP contribution in [0.2, 0.25) is 0 Å². The predicted molar refractivity (Wildman–Crippen MR) is 65.9 cm³/mol. The van der Waals surface area contributed by atoms with Crippen molar-refractivity contribution in [3.8, 4) is 0 Å². The molecule has 98 valence electrons. The summed E-state index contributed by atoms with van der Waals surface area (Å²) in [6, 6.07) is 3.14.